The number of pyridine rings is 1. The number of hydrogen-bond acceptors (Lipinski definition) is 8. The molecule has 2 aliphatic rings. The molecule has 3 aromatic carbocycles. The van der Waals surface area contributed by atoms with E-state index in [0.717, 1.165) is 36.2 Å². The van der Waals surface area contributed by atoms with Crippen LogP contribution in [0.25, 0.3) is 38.9 Å². The monoisotopic (exact) mass is 636 g/mol. The summed E-state index contributed by atoms with van der Waals surface area (Å²) in [7, 11) is 2.05. The smallest absolute Gasteiger partial charge is 0.319 e. The van der Waals surface area contributed by atoms with Crippen LogP contribution in [0.2, 0.25) is 0 Å². The summed E-state index contributed by atoms with van der Waals surface area (Å²) in [4.78, 5) is 31.9. The van der Waals surface area contributed by atoms with E-state index in [4.69, 9.17) is 9.72 Å². The fourth-order valence-corrected chi connectivity index (χ4v) is 6.44. The molecule has 1 atom stereocenters. The van der Waals surface area contributed by atoms with Crippen molar-refractivity contribution >= 4 is 39.5 Å². The van der Waals surface area contributed by atoms with Crippen LogP contribution in [-0.4, -0.2) is 88.2 Å². The summed E-state index contributed by atoms with van der Waals surface area (Å²) in [5.74, 6) is -1.63. The third-order valence-electron chi connectivity index (χ3n) is 9.01. The summed E-state index contributed by atoms with van der Waals surface area (Å²) in [6.07, 6.45) is 4.73. The molecule has 0 radical (unpaired) electrons. The van der Waals surface area contributed by atoms with E-state index in [1.807, 2.05) is 29.2 Å². The zero-order chi connectivity index (χ0) is 32.5. The summed E-state index contributed by atoms with van der Waals surface area (Å²) in [6, 6.07) is 19.5. The number of piperazine rings is 1. The Kier molecular flexibility index (Phi) is 8.38. The van der Waals surface area contributed by atoms with E-state index in [1.165, 1.54) is 11.1 Å². The highest BCUT2D eigenvalue weighted by atomic mass is 19.1. The number of phenolic OH excluding ortho intramolecular Hbond substituents is 1. The number of carbonyl (C=O) groups is 1. The topological polar surface area (TPSA) is 94.9 Å². The van der Waals surface area contributed by atoms with E-state index in [0.29, 0.717) is 47.7 Å². The number of fused-ring (bicyclic) bond motifs is 2. The standard InChI is InChI=1S/C36H34F2N6O3/c1-42-14-6-9-25(42)22-47-36-40-33-29(12-11-28(32(33)38)30-21-26(45)19-23-7-2-3-10-27(23)30)34(41-36)43-15-17-44(18-16-43)35(46)31(37)20-24-8-4-5-13-39-24/h2-5,7-8,10-13,19-21,25,45H,6,9,14-18,22H2,1H3/b31-20-/t25-/m0/s1. The number of carbonyl (C=O) groups excluding carboxylic acids is 1. The van der Waals surface area contributed by atoms with Crippen LogP contribution in [0.4, 0.5) is 14.6 Å². The maximum absolute atomic E-state index is 16.6. The van der Waals surface area contributed by atoms with Gasteiger partial charge in [-0.1, -0.05) is 36.4 Å². The van der Waals surface area contributed by atoms with Crippen molar-refractivity contribution in [3.63, 3.8) is 0 Å². The second-order valence-electron chi connectivity index (χ2n) is 12.0. The zero-order valence-electron chi connectivity index (χ0n) is 25.9. The Morgan fingerprint density at radius 2 is 1.79 bits per heavy atom. The van der Waals surface area contributed by atoms with E-state index >= 15 is 4.39 Å². The Bertz CT molecular complexity index is 1980. The molecule has 2 aromatic heterocycles. The van der Waals surface area contributed by atoms with Gasteiger partial charge in [-0.15, -0.1) is 0 Å². The molecule has 0 bridgehead atoms. The Labute approximate surface area is 270 Å². The number of amides is 1. The lowest BCUT2D eigenvalue weighted by atomic mass is 9.96. The van der Waals surface area contributed by atoms with Crippen LogP contribution in [0.5, 0.6) is 11.8 Å². The highest BCUT2D eigenvalue weighted by molar-refractivity contribution is 6.01. The minimum absolute atomic E-state index is 0.0324. The minimum atomic E-state index is -0.883. The predicted octanol–water partition coefficient (Wildman–Crippen LogP) is 5.82. The molecule has 11 heteroatoms. The van der Waals surface area contributed by atoms with Crippen LogP contribution < -0.4 is 9.64 Å². The van der Waals surface area contributed by atoms with Crippen molar-refractivity contribution in [2.75, 3.05) is 51.3 Å². The Morgan fingerprint density at radius 3 is 2.55 bits per heavy atom. The molecule has 0 unspecified atom stereocenters. The Hall–Kier alpha value is -5.16. The number of halogens is 2. The van der Waals surface area contributed by atoms with Crippen LogP contribution in [0.3, 0.4) is 0 Å². The molecule has 7 rings (SSSR count). The third-order valence-corrected chi connectivity index (χ3v) is 9.01. The lowest BCUT2D eigenvalue weighted by Crippen LogP contribution is -2.49. The molecule has 1 amide bonds. The predicted molar refractivity (Wildman–Crippen MR) is 177 cm³/mol. The van der Waals surface area contributed by atoms with Gasteiger partial charge in [-0.25, -0.2) is 8.78 Å². The van der Waals surface area contributed by atoms with Gasteiger partial charge in [-0.2, -0.15) is 9.97 Å². The van der Waals surface area contributed by atoms with Crippen LogP contribution in [0, 0.1) is 5.82 Å². The molecule has 0 aliphatic carbocycles. The van der Waals surface area contributed by atoms with Crippen molar-refractivity contribution in [1.29, 1.82) is 0 Å². The number of ether oxygens (including phenoxy) is 1. The second-order valence-corrected chi connectivity index (χ2v) is 12.0. The molecule has 0 spiro atoms. The lowest BCUT2D eigenvalue weighted by molar-refractivity contribution is -0.128. The molecule has 0 saturated carbocycles. The number of rotatable bonds is 7. The maximum Gasteiger partial charge on any atom is 0.319 e. The SMILES string of the molecule is CN1CCC[C@H]1COc1nc(N2CCN(C(=O)/C(F)=C/c3ccccn3)CC2)c2ccc(-c3cc(O)cc4ccccc34)c(F)c2n1. The van der Waals surface area contributed by atoms with Gasteiger partial charge >= 0.3 is 6.01 Å². The molecular weight excluding hydrogens is 602 g/mol. The van der Waals surface area contributed by atoms with Gasteiger partial charge in [0, 0.05) is 55.4 Å². The van der Waals surface area contributed by atoms with Crippen molar-refractivity contribution in [2.24, 2.45) is 0 Å². The molecule has 5 aromatic rings. The average Bonchev–Trinajstić information content (AvgIpc) is 3.51. The van der Waals surface area contributed by atoms with Crippen molar-refractivity contribution in [1.82, 2.24) is 24.8 Å². The average molecular weight is 637 g/mol. The first kappa shape index (κ1) is 30.5. The van der Waals surface area contributed by atoms with E-state index in [-0.39, 0.29) is 36.4 Å². The number of nitrogens with zero attached hydrogens (tertiary/aromatic N) is 6. The van der Waals surface area contributed by atoms with Gasteiger partial charge < -0.3 is 24.5 Å². The number of hydrogen-bond donors (Lipinski definition) is 1. The van der Waals surface area contributed by atoms with Gasteiger partial charge in [-0.05, 0) is 73.1 Å². The summed E-state index contributed by atoms with van der Waals surface area (Å²) in [5.41, 5.74) is 1.29. The molecular formula is C36H34F2N6O3. The molecule has 1 N–H and O–H groups in total. The maximum atomic E-state index is 16.6. The fraction of sp³-hybridized carbons (Fsp3) is 0.278. The number of aromatic hydroxyl groups is 1. The van der Waals surface area contributed by atoms with Crippen LogP contribution in [0.15, 0.2) is 78.8 Å². The quantitative estimate of drug-likeness (QED) is 0.224. The first-order valence-corrected chi connectivity index (χ1v) is 15.7. The van der Waals surface area contributed by atoms with Crippen LogP contribution >= 0.6 is 0 Å². The van der Waals surface area contributed by atoms with Crippen LogP contribution in [0.1, 0.15) is 18.5 Å². The number of anilines is 1. The molecule has 47 heavy (non-hydrogen) atoms. The number of benzene rings is 3. The molecule has 2 saturated heterocycles. The van der Waals surface area contributed by atoms with Crippen LogP contribution in [-0.2, 0) is 4.79 Å². The largest absolute Gasteiger partial charge is 0.508 e. The van der Waals surface area contributed by atoms with Crippen molar-refractivity contribution in [3.8, 4) is 22.9 Å². The number of aromatic nitrogens is 3. The summed E-state index contributed by atoms with van der Waals surface area (Å²) in [5, 5.41) is 12.5. The highest BCUT2D eigenvalue weighted by Gasteiger charge is 2.28. The normalized spacial score (nSPS) is 17.5. The van der Waals surface area contributed by atoms with Gasteiger partial charge in [0.15, 0.2) is 11.6 Å². The molecule has 2 aliphatic heterocycles. The Balaban J connectivity index is 1.22. The van der Waals surface area contributed by atoms with E-state index in [2.05, 4.69) is 21.9 Å². The van der Waals surface area contributed by atoms with Crippen molar-refractivity contribution in [3.05, 3.63) is 90.3 Å². The summed E-state index contributed by atoms with van der Waals surface area (Å²) < 4.78 is 37.6. The van der Waals surface area contributed by atoms with E-state index in [9.17, 15) is 14.3 Å². The fourth-order valence-electron chi connectivity index (χ4n) is 6.44. The first-order valence-electron chi connectivity index (χ1n) is 15.7. The number of likely N-dealkylation sites (tertiary alicyclic amines) is 1. The summed E-state index contributed by atoms with van der Waals surface area (Å²) in [6.45, 7) is 2.53. The molecule has 240 valence electrons. The van der Waals surface area contributed by atoms with Crippen molar-refractivity contribution < 1.29 is 23.4 Å². The van der Waals surface area contributed by atoms with E-state index < -0.39 is 17.6 Å². The Morgan fingerprint density at radius 1 is 0.979 bits per heavy atom. The first-order chi connectivity index (χ1) is 22.9. The highest BCUT2D eigenvalue weighted by Crippen LogP contribution is 2.38. The van der Waals surface area contributed by atoms with Gasteiger partial charge in [0.1, 0.15) is 23.7 Å². The minimum Gasteiger partial charge on any atom is -0.508 e. The van der Waals surface area contributed by atoms with Gasteiger partial charge in [0.2, 0.25) is 0 Å². The molecule has 4 heterocycles. The number of likely N-dealkylation sites (N-methyl/N-ethyl adjacent to an activating group) is 1. The molecule has 2 fully saturated rings. The van der Waals surface area contributed by atoms with Gasteiger partial charge in [0.25, 0.3) is 5.91 Å². The molecule has 9 nitrogen and oxygen atoms in total. The second kappa shape index (κ2) is 12.9. The third kappa shape index (κ3) is 6.18. The van der Waals surface area contributed by atoms with E-state index in [1.54, 1.807) is 42.5 Å². The summed E-state index contributed by atoms with van der Waals surface area (Å²) >= 11 is 0. The van der Waals surface area contributed by atoms with Gasteiger partial charge in [-0.3, -0.25) is 9.78 Å². The lowest BCUT2D eigenvalue weighted by Gasteiger charge is -2.35. The van der Waals surface area contributed by atoms with Crippen molar-refractivity contribution in [2.45, 2.75) is 18.9 Å². The number of phenols is 1. The van der Waals surface area contributed by atoms with Gasteiger partial charge in [0.05, 0.1) is 5.69 Å². The zero-order valence-corrected chi connectivity index (χ0v) is 25.9.